The zero-order chi connectivity index (χ0) is 17.4. The monoisotopic (exact) mass is 358 g/mol. The molecule has 132 valence electrons. The first-order valence-electron chi connectivity index (χ1n) is 8.94. The minimum absolute atomic E-state index is 0.0826. The number of carbonyl (C=O) groups is 1. The molecule has 1 saturated heterocycles. The Balaban J connectivity index is 1.38. The Hall–Kier alpha value is -2.01. The van der Waals surface area contributed by atoms with Crippen molar-refractivity contribution >= 4 is 23.2 Å². The number of fused-ring (bicyclic) bond motifs is 1. The summed E-state index contributed by atoms with van der Waals surface area (Å²) < 4.78 is 0. The van der Waals surface area contributed by atoms with E-state index in [1.807, 2.05) is 36.1 Å². The number of hydrogen-bond donors (Lipinski definition) is 1. The van der Waals surface area contributed by atoms with Crippen LogP contribution >= 0.6 is 11.6 Å². The van der Waals surface area contributed by atoms with Gasteiger partial charge in [-0.15, -0.1) is 0 Å². The lowest BCUT2D eigenvalue weighted by Crippen LogP contribution is -2.51. The molecule has 1 amide bonds. The van der Waals surface area contributed by atoms with Gasteiger partial charge in [0.1, 0.15) is 5.82 Å². The molecule has 1 aliphatic heterocycles. The summed E-state index contributed by atoms with van der Waals surface area (Å²) in [6.07, 6.45) is 2.59. The lowest BCUT2D eigenvalue weighted by molar-refractivity contribution is -0.136. The molecule has 1 aromatic carbocycles. The van der Waals surface area contributed by atoms with Crippen LogP contribution in [0.15, 0.2) is 24.3 Å². The molecule has 1 fully saturated rings. The van der Waals surface area contributed by atoms with Gasteiger partial charge in [0.15, 0.2) is 0 Å². The molecule has 1 aromatic heterocycles. The fourth-order valence-electron chi connectivity index (χ4n) is 3.97. The average Bonchev–Trinajstić information content (AvgIpc) is 3.01. The number of benzene rings is 1. The molecule has 4 rings (SSSR count). The third-order valence-electron chi connectivity index (χ3n) is 5.30. The second-order valence-corrected chi connectivity index (χ2v) is 7.36. The predicted molar refractivity (Wildman–Crippen MR) is 99.1 cm³/mol. The van der Waals surface area contributed by atoms with E-state index in [0.29, 0.717) is 0 Å². The lowest BCUT2D eigenvalue weighted by Gasteiger charge is -2.38. The number of nitrogens with zero attached hydrogens (tertiary/aromatic N) is 3. The Morgan fingerprint density at radius 2 is 2.00 bits per heavy atom. The number of aryl methyl sites for hydroxylation is 2. The third-order valence-corrected chi connectivity index (χ3v) is 5.62. The number of piperazine rings is 1. The lowest BCUT2D eigenvalue weighted by atomic mass is 9.88. The summed E-state index contributed by atoms with van der Waals surface area (Å²) in [5, 5.41) is 0.775. The molecule has 0 spiro atoms. The molecule has 0 radical (unpaired) electrons. The van der Waals surface area contributed by atoms with E-state index in [-0.39, 0.29) is 11.8 Å². The maximum absolute atomic E-state index is 12.9. The van der Waals surface area contributed by atoms with Crippen molar-refractivity contribution in [1.82, 2.24) is 14.9 Å². The molecule has 6 heteroatoms. The summed E-state index contributed by atoms with van der Waals surface area (Å²) in [4.78, 5) is 25.0. The van der Waals surface area contributed by atoms with Crippen LogP contribution in [0.1, 0.15) is 23.6 Å². The van der Waals surface area contributed by atoms with E-state index in [0.717, 1.165) is 73.4 Å². The Morgan fingerprint density at radius 1 is 1.24 bits per heavy atom. The number of imidazole rings is 1. The van der Waals surface area contributed by atoms with Gasteiger partial charge in [0.05, 0.1) is 16.4 Å². The number of nitrogens with one attached hydrogen (secondary N) is 1. The van der Waals surface area contributed by atoms with Gasteiger partial charge < -0.3 is 14.8 Å². The van der Waals surface area contributed by atoms with Crippen LogP contribution in [-0.4, -0.2) is 47.0 Å². The van der Waals surface area contributed by atoms with Gasteiger partial charge in [-0.25, -0.2) is 4.98 Å². The standard InChI is InChI=1S/C19H23ClN4O/c1-13-21-16-7-6-14(12-17(16)22-13)19(25)24-10-8-23(9-11-24)18-5-3-2-4-15(18)20/h2-5,14H,6-12H2,1H3,(H,21,22). The van der Waals surface area contributed by atoms with E-state index < -0.39 is 0 Å². The van der Waals surface area contributed by atoms with Crippen molar-refractivity contribution in [3.05, 3.63) is 46.5 Å². The number of H-pyrrole nitrogens is 1. The first kappa shape index (κ1) is 16.5. The number of aromatic amines is 1. The summed E-state index contributed by atoms with van der Waals surface area (Å²) in [6.45, 7) is 5.15. The highest BCUT2D eigenvalue weighted by atomic mass is 35.5. The van der Waals surface area contributed by atoms with Gasteiger partial charge in [-0.3, -0.25) is 4.79 Å². The maximum atomic E-state index is 12.9. The van der Waals surface area contributed by atoms with Crippen LogP contribution in [0.5, 0.6) is 0 Å². The molecule has 1 N–H and O–H groups in total. The first-order valence-corrected chi connectivity index (χ1v) is 9.32. The van der Waals surface area contributed by atoms with Crippen LogP contribution in [0.2, 0.25) is 5.02 Å². The van der Waals surface area contributed by atoms with Gasteiger partial charge in [-0.1, -0.05) is 23.7 Å². The molecule has 25 heavy (non-hydrogen) atoms. The van der Waals surface area contributed by atoms with Crippen LogP contribution in [0.3, 0.4) is 0 Å². The highest BCUT2D eigenvalue weighted by Crippen LogP contribution is 2.28. The molecule has 2 aliphatic rings. The summed E-state index contributed by atoms with van der Waals surface area (Å²) >= 11 is 6.30. The molecular formula is C19H23ClN4O. The fourth-order valence-corrected chi connectivity index (χ4v) is 4.22. The normalized spacial score (nSPS) is 20.5. The first-order chi connectivity index (χ1) is 12.1. The van der Waals surface area contributed by atoms with E-state index >= 15 is 0 Å². The van der Waals surface area contributed by atoms with Gasteiger partial charge in [0, 0.05) is 44.2 Å². The van der Waals surface area contributed by atoms with E-state index in [4.69, 9.17) is 11.6 Å². The van der Waals surface area contributed by atoms with Crippen LogP contribution in [0.4, 0.5) is 5.69 Å². The van der Waals surface area contributed by atoms with Gasteiger partial charge in [0.25, 0.3) is 0 Å². The van der Waals surface area contributed by atoms with E-state index in [9.17, 15) is 4.79 Å². The van der Waals surface area contributed by atoms with Crippen molar-refractivity contribution in [1.29, 1.82) is 0 Å². The molecule has 2 heterocycles. The molecule has 1 aliphatic carbocycles. The summed E-state index contributed by atoms with van der Waals surface area (Å²) in [6, 6.07) is 7.91. The molecule has 1 atom stereocenters. The molecule has 0 bridgehead atoms. The summed E-state index contributed by atoms with van der Waals surface area (Å²) in [5.41, 5.74) is 3.36. The number of aromatic nitrogens is 2. The highest BCUT2D eigenvalue weighted by molar-refractivity contribution is 6.33. The number of hydrogen-bond acceptors (Lipinski definition) is 3. The van der Waals surface area contributed by atoms with Crippen molar-refractivity contribution in [3.63, 3.8) is 0 Å². The van der Waals surface area contributed by atoms with Crippen molar-refractivity contribution in [3.8, 4) is 0 Å². The van der Waals surface area contributed by atoms with Crippen molar-refractivity contribution in [2.45, 2.75) is 26.2 Å². The predicted octanol–water partition coefficient (Wildman–Crippen LogP) is 2.83. The van der Waals surface area contributed by atoms with Gasteiger partial charge in [0.2, 0.25) is 5.91 Å². The number of rotatable bonds is 2. The van der Waals surface area contributed by atoms with E-state index in [2.05, 4.69) is 14.9 Å². The van der Waals surface area contributed by atoms with Gasteiger partial charge in [-0.2, -0.15) is 0 Å². The quantitative estimate of drug-likeness (QED) is 0.898. The van der Waals surface area contributed by atoms with Crippen molar-refractivity contribution in [2.24, 2.45) is 5.92 Å². The number of para-hydroxylation sites is 1. The van der Waals surface area contributed by atoms with Gasteiger partial charge in [-0.05, 0) is 31.9 Å². The average molecular weight is 359 g/mol. The molecule has 2 aromatic rings. The Kier molecular flexibility index (Phi) is 4.42. The largest absolute Gasteiger partial charge is 0.367 e. The van der Waals surface area contributed by atoms with Crippen LogP contribution in [0.25, 0.3) is 0 Å². The Labute approximate surface area is 153 Å². The Bertz CT molecular complexity index is 779. The van der Waals surface area contributed by atoms with Crippen molar-refractivity contribution < 1.29 is 4.79 Å². The number of anilines is 1. The SMILES string of the molecule is Cc1nc2c([nH]1)CC(C(=O)N1CCN(c3ccccc3Cl)CC1)CC2. The second kappa shape index (κ2) is 6.71. The fraction of sp³-hybridized carbons (Fsp3) is 0.474. The van der Waals surface area contributed by atoms with Gasteiger partial charge >= 0.3 is 0 Å². The smallest absolute Gasteiger partial charge is 0.226 e. The minimum atomic E-state index is 0.0826. The minimum Gasteiger partial charge on any atom is -0.367 e. The topological polar surface area (TPSA) is 52.2 Å². The molecule has 5 nitrogen and oxygen atoms in total. The summed E-state index contributed by atoms with van der Waals surface area (Å²) in [7, 11) is 0. The Morgan fingerprint density at radius 3 is 2.76 bits per heavy atom. The van der Waals surface area contributed by atoms with Crippen molar-refractivity contribution in [2.75, 3.05) is 31.1 Å². The number of halogens is 1. The highest BCUT2D eigenvalue weighted by Gasteiger charge is 2.31. The summed E-state index contributed by atoms with van der Waals surface area (Å²) in [5.74, 6) is 1.32. The molecule has 1 unspecified atom stereocenters. The van der Waals surface area contributed by atoms with Crippen LogP contribution in [-0.2, 0) is 17.6 Å². The second-order valence-electron chi connectivity index (χ2n) is 6.95. The zero-order valence-electron chi connectivity index (χ0n) is 14.5. The number of carbonyl (C=O) groups excluding carboxylic acids is 1. The number of amides is 1. The van der Waals surface area contributed by atoms with Crippen LogP contribution in [0, 0.1) is 12.8 Å². The third kappa shape index (κ3) is 3.25. The zero-order valence-corrected chi connectivity index (χ0v) is 15.2. The van der Waals surface area contributed by atoms with E-state index in [1.54, 1.807) is 0 Å². The molecule has 0 saturated carbocycles. The molecular weight excluding hydrogens is 336 g/mol. The maximum Gasteiger partial charge on any atom is 0.226 e. The van der Waals surface area contributed by atoms with E-state index in [1.165, 1.54) is 0 Å². The van der Waals surface area contributed by atoms with Crippen LogP contribution < -0.4 is 4.90 Å².